The van der Waals surface area contributed by atoms with Gasteiger partial charge in [-0.2, -0.15) is 0 Å². The van der Waals surface area contributed by atoms with E-state index >= 15 is 0 Å². The van der Waals surface area contributed by atoms with Crippen LogP contribution in [-0.2, 0) is 5.88 Å². The maximum Gasteiger partial charge on any atom is 0.0492 e. The van der Waals surface area contributed by atoms with Crippen molar-refractivity contribution in [1.29, 1.82) is 0 Å². The number of thiol groups is 1. The molecule has 0 amide bonds. The molecule has 0 nitrogen and oxygen atoms in total. The van der Waals surface area contributed by atoms with Crippen LogP contribution in [0.2, 0.25) is 0 Å². The van der Waals surface area contributed by atoms with Gasteiger partial charge in [-0.05, 0) is 29.3 Å². The second-order valence-electron chi connectivity index (χ2n) is 2.89. The van der Waals surface area contributed by atoms with E-state index in [9.17, 15) is 0 Å². The van der Waals surface area contributed by atoms with Crippen molar-refractivity contribution in [1.82, 2.24) is 0 Å². The highest BCUT2D eigenvalue weighted by atomic mass is 35.5. The van der Waals surface area contributed by atoms with Crippen molar-refractivity contribution in [3.05, 3.63) is 23.1 Å². The number of fused-ring (bicyclic) bond motifs is 1. The lowest BCUT2D eigenvalue weighted by Crippen LogP contribution is -1.84. The van der Waals surface area contributed by atoms with Crippen molar-refractivity contribution in [3.63, 3.8) is 0 Å². The maximum atomic E-state index is 5.91. The summed E-state index contributed by atoms with van der Waals surface area (Å²) in [5, 5.41) is 3.33. The third-order valence-electron chi connectivity index (χ3n) is 2.10. The standard InChI is InChI=1S/C10H9ClS3/c1-13-9-6(5-11)4-8(12)7-2-3-14-10(7)9/h2-4,12H,5H2,1H3. The van der Waals surface area contributed by atoms with Crippen molar-refractivity contribution in [2.75, 3.05) is 6.26 Å². The van der Waals surface area contributed by atoms with Crippen LogP contribution in [0.3, 0.4) is 0 Å². The summed E-state index contributed by atoms with van der Waals surface area (Å²) in [4.78, 5) is 2.32. The zero-order valence-electron chi connectivity index (χ0n) is 7.58. The van der Waals surface area contributed by atoms with Crippen LogP contribution in [0.1, 0.15) is 5.56 Å². The Morgan fingerprint density at radius 2 is 2.36 bits per heavy atom. The van der Waals surface area contributed by atoms with Crippen LogP contribution in [0, 0.1) is 0 Å². The fourth-order valence-corrected chi connectivity index (χ4v) is 4.14. The van der Waals surface area contributed by atoms with Crippen LogP contribution < -0.4 is 0 Å². The Morgan fingerprint density at radius 1 is 1.57 bits per heavy atom. The minimum absolute atomic E-state index is 0.553. The van der Waals surface area contributed by atoms with Crippen molar-refractivity contribution < 1.29 is 0 Å². The SMILES string of the molecule is CSc1c(CCl)cc(S)c2ccsc12. The number of hydrogen-bond acceptors (Lipinski definition) is 3. The monoisotopic (exact) mass is 260 g/mol. The molecule has 0 aliphatic rings. The van der Waals surface area contributed by atoms with E-state index in [1.165, 1.54) is 20.5 Å². The van der Waals surface area contributed by atoms with Crippen LogP contribution in [-0.4, -0.2) is 6.26 Å². The van der Waals surface area contributed by atoms with Gasteiger partial charge >= 0.3 is 0 Å². The minimum Gasteiger partial charge on any atom is -0.143 e. The maximum absolute atomic E-state index is 5.91. The molecule has 74 valence electrons. The molecule has 1 aromatic heterocycles. The van der Waals surface area contributed by atoms with Gasteiger partial charge in [0, 0.05) is 25.8 Å². The molecule has 14 heavy (non-hydrogen) atoms. The van der Waals surface area contributed by atoms with E-state index in [0.717, 1.165) is 4.90 Å². The van der Waals surface area contributed by atoms with E-state index < -0.39 is 0 Å². The molecule has 0 unspecified atom stereocenters. The first-order valence-corrected chi connectivity index (χ1v) is 7.18. The lowest BCUT2D eigenvalue weighted by atomic mass is 10.2. The van der Waals surface area contributed by atoms with Crippen LogP contribution in [0.4, 0.5) is 0 Å². The molecule has 0 atom stereocenters. The van der Waals surface area contributed by atoms with Crippen molar-refractivity contribution in [3.8, 4) is 0 Å². The Balaban J connectivity index is 2.82. The van der Waals surface area contributed by atoms with Gasteiger partial charge in [0.05, 0.1) is 0 Å². The Hall–Kier alpha value is 0.170. The molecular weight excluding hydrogens is 252 g/mol. The van der Waals surface area contributed by atoms with Gasteiger partial charge in [-0.3, -0.25) is 0 Å². The summed E-state index contributed by atoms with van der Waals surface area (Å²) in [6, 6.07) is 4.18. The Labute approximate surface area is 102 Å². The van der Waals surface area contributed by atoms with Crippen LogP contribution in [0.5, 0.6) is 0 Å². The number of alkyl halides is 1. The summed E-state index contributed by atoms with van der Waals surface area (Å²) in [7, 11) is 0. The van der Waals surface area contributed by atoms with Gasteiger partial charge in [0.1, 0.15) is 0 Å². The van der Waals surface area contributed by atoms with E-state index in [1.54, 1.807) is 23.1 Å². The number of benzene rings is 1. The molecule has 2 aromatic rings. The highest BCUT2D eigenvalue weighted by Crippen LogP contribution is 2.38. The van der Waals surface area contributed by atoms with E-state index in [0.29, 0.717) is 5.88 Å². The molecule has 1 heterocycles. The van der Waals surface area contributed by atoms with Crippen LogP contribution in [0.25, 0.3) is 10.1 Å². The quantitative estimate of drug-likeness (QED) is 0.466. The number of halogens is 1. The number of hydrogen-bond donors (Lipinski definition) is 1. The molecule has 0 aliphatic heterocycles. The molecule has 4 heteroatoms. The second-order valence-corrected chi connectivity index (χ2v) is 5.37. The van der Waals surface area contributed by atoms with E-state index in [4.69, 9.17) is 11.6 Å². The summed E-state index contributed by atoms with van der Waals surface area (Å²) >= 11 is 13.9. The third kappa shape index (κ3) is 1.67. The zero-order chi connectivity index (χ0) is 10.1. The topological polar surface area (TPSA) is 0 Å². The predicted molar refractivity (Wildman–Crippen MR) is 70.4 cm³/mol. The first-order chi connectivity index (χ1) is 6.77. The molecule has 1 aromatic carbocycles. The Kier molecular flexibility index (Phi) is 3.32. The van der Waals surface area contributed by atoms with Gasteiger partial charge in [-0.1, -0.05) is 0 Å². The normalized spacial score (nSPS) is 11.1. The van der Waals surface area contributed by atoms with Crippen molar-refractivity contribution in [2.24, 2.45) is 0 Å². The van der Waals surface area contributed by atoms with Gasteiger partial charge in [0.2, 0.25) is 0 Å². The Bertz CT molecular complexity index is 462. The predicted octanol–water partition coefficient (Wildman–Crippen LogP) is 4.65. The third-order valence-corrected chi connectivity index (χ3v) is 4.69. The largest absolute Gasteiger partial charge is 0.143 e. The minimum atomic E-state index is 0.553. The first kappa shape index (κ1) is 10.7. The number of thiophene rings is 1. The van der Waals surface area contributed by atoms with Crippen LogP contribution >= 0.6 is 47.3 Å². The molecule has 0 fully saturated rings. The van der Waals surface area contributed by atoms with Gasteiger partial charge in [0.15, 0.2) is 0 Å². The number of rotatable bonds is 2. The molecule has 0 N–H and O–H groups in total. The van der Waals surface area contributed by atoms with Crippen molar-refractivity contribution >= 4 is 57.4 Å². The molecule has 0 spiro atoms. The molecular formula is C10H9ClS3. The summed E-state index contributed by atoms with van der Waals surface area (Å²) in [5.41, 5.74) is 1.18. The van der Waals surface area contributed by atoms with Gasteiger partial charge in [0.25, 0.3) is 0 Å². The van der Waals surface area contributed by atoms with Crippen molar-refractivity contribution in [2.45, 2.75) is 15.7 Å². The molecule has 0 aliphatic carbocycles. The number of thioether (sulfide) groups is 1. The van der Waals surface area contributed by atoms with Gasteiger partial charge < -0.3 is 0 Å². The van der Waals surface area contributed by atoms with E-state index in [2.05, 4.69) is 36.4 Å². The average Bonchev–Trinajstić information content (AvgIpc) is 2.66. The average molecular weight is 261 g/mol. The first-order valence-electron chi connectivity index (χ1n) is 4.10. The fourth-order valence-electron chi connectivity index (χ4n) is 1.46. The zero-order valence-corrected chi connectivity index (χ0v) is 10.9. The molecule has 0 radical (unpaired) electrons. The van der Waals surface area contributed by atoms with E-state index in [1.807, 2.05) is 0 Å². The summed E-state index contributed by atoms with van der Waals surface area (Å²) < 4.78 is 1.31. The second kappa shape index (κ2) is 4.35. The fraction of sp³-hybridized carbons (Fsp3) is 0.200. The van der Waals surface area contributed by atoms with Gasteiger partial charge in [-0.15, -0.1) is 47.3 Å². The smallest absolute Gasteiger partial charge is 0.0492 e. The van der Waals surface area contributed by atoms with E-state index in [-0.39, 0.29) is 0 Å². The summed E-state index contributed by atoms with van der Waals surface area (Å²) in [6.07, 6.45) is 2.09. The highest BCUT2D eigenvalue weighted by Gasteiger charge is 2.10. The van der Waals surface area contributed by atoms with Gasteiger partial charge in [-0.25, -0.2) is 0 Å². The van der Waals surface area contributed by atoms with Crippen LogP contribution in [0.15, 0.2) is 27.3 Å². The summed E-state index contributed by atoms with van der Waals surface area (Å²) in [6.45, 7) is 0. The molecule has 0 saturated heterocycles. The molecule has 2 rings (SSSR count). The summed E-state index contributed by atoms with van der Waals surface area (Å²) in [5.74, 6) is 0.553. The highest BCUT2D eigenvalue weighted by molar-refractivity contribution is 7.99. The Morgan fingerprint density at radius 3 is 3.00 bits per heavy atom. The lowest BCUT2D eigenvalue weighted by Gasteiger charge is -2.07. The molecule has 0 saturated carbocycles. The lowest BCUT2D eigenvalue weighted by molar-refractivity contribution is 1.28. The molecule has 0 bridgehead atoms.